The summed E-state index contributed by atoms with van der Waals surface area (Å²) in [5.41, 5.74) is 5.63. The van der Waals surface area contributed by atoms with Crippen molar-refractivity contribution in [3.8, 4) is 0 Å². The predicted molar refractivity (Wildman–Crippen MR) is 171 cm³/mol. The summed E-state index contributed by atoms with van der Waals surface area (Å²) in [7, 11) is 1.91. The molecule has 18 heteroatoms. The third-order valence-corrected chi connectivity index (χ3v) is 9.88. The highest BCUT2D eigenvalue weighted by atomic mass is 35.5. The Hall–Kier alpha value is -4.19. The molecule has 1 saturated heterocycles. The van der Waals surface area contributed by atoms with E-state index in [1.807, 2.05) is 42.2 Å². The number of carbonyl (C=O) groups is 4. The fourth-order valence-electron chi connectivity index (χ4n) is 5.05. The Kier molecular flexibility index (Phi) is 9.57. The molecule has 1 fully saturated rings. The summed E-state index contributed by atoms with van der Waals surface area (Å²) in [5.74, 6) is -3.87. The van der Waals surface area contributed by atoms with Crippen LogP contribution < -0.4 is 20.9 Å². The lowest BCUT2D eigenvalue weighted by molar-refractivity contribution is -0.663. The van der Waals surface area contributed by atoms with Crippen molar-refractivity contribution >= 4 is 80.3 Å². The van der Waals surface area contributed by atoms with E-state index >= 15 is 0 Å². The van der Waals surface area contributed by atoms with Crippen LogP contribution in [0.2, 0.25) is 4.34 Å². The van der Waals surface area contributed by atoms with Gasteiger partial charge in [-0.15, -0.1) is 11.8 Å². The van der Waals surface area contributed by atoms with E-state index in [2.05, 4.69) is 25.3 Å². The zero-order valence-electron chi connectivity index (χ0n) is 25.0. The number of nitrogens with zero attached hydrogens (tertiary/aromatic N) is 5. The molecule has 5 rings (SSSR count). The summed E-state index contributed by atoms with van der Waals surface area (Å²) in [5, 5.41) is 28.3. The van der Waals surface area contributed by atoms with Gasteiger partial charge in [-0.05, 0) is 39.9 Å². The zero-order chi connectivity index (χ0) is 33.3. The van der Waals surface area contributed by atoms with E-state index in [4.69, 9.17) is 22.2 Å². The Bertz CT molecular complexity index is 1790. The van der Waals surface area contributed by atoms with Crippen molar-refractivity contribution in [3.05, 3.63) is 51.9 Å². The average molecular weight is 692 g/mol. The van der Waals surface area contributed by atoms with Crippen molar-refractivity contribution in [2.24, 2.45) is 5.16 Å². The first-order valence-electron chi connectivity index (χ1n) is 14.1. The van der Waals surface area contributed by atoms with E-state index in [1.54, 1.807) is 0 Å². The molecule has 46 heavy (non-hydrogen) atoms. The largest absolute Gasteiger partial charge is 0.478 e. The number of anilines is 1. The molecule has 3 aromatic heterocycles. The highest BCUT2D eigenvalue weighted by molar-refractivity contribution is 8.00. The quantitative estimate of drug-likeness (QED) is 0.0567. The molecule has 2 aliphatic rings. The minimum atomic E-state index is -1.81. The number of nitrogens with one attached hydrogen (secondary N) is 2. The molecule has 0 aromatic carbocycles. The Balaban J connectivity index is 1.37. The number of amides is 2. The van der Waals surface area contributed by atoms with Crippen molar-refractivity contribution < 1.29 is 38.8 Å². The van der Waals surface area contributed by atoms with Gasteiger partial charge in [0.15, 0.2) is 23.6 Å². The van der Waals surface area contributed by atoms with E-state index < -0.39 is 46.5 Å². The number of nitrogen functional groups attached to an aromatic ring is 1. The van der Waals surface area contributed by atoms with Crippen LogP contribution in [0.1, 0.15) is 26.0 Å². The second-order valence-corrected chi connectivity index (χ2v) is 13.7. The fraction of sp³-hybridized carbons (Fsp3) is 0.393. The minimum Gasteiger partial charge on any atom is -0.478 e. The van der Waals surface area contributed by atoms with Crippen LogP contribution in [-0.2, 0) is 37.1 Å². The van der Waals surface area contributed by atoms with E-state index in [-0.39, 0.29) is 27.4 Å². The van der Waals surface area contributed by atoms with Gasteiger partial charge in [-0.25, -0.2) is 14.6 Å². The number of aromatic nitrogens is 3. The van der Waals surface area contributed by atoms with Crippen LogP contribution in [-0.4, -0.2) is 90.5 Å². The molecule has 0 aliphatic carbocycles. The molecule has 2 unspecified atom stereocenters. The summed E-state index contributed by atoms with van der Waals surface area (Å²) in [6, 6.07) is 4.79. The third-order valence-electron chi connectivity index (χ3n) is 7.46. The Morgan fingerprint density at radius 1 is 1.30 bits per heavy atom. The Morgan fingerprint density at radius 2 is 2.07 bits per heavy atom. The number of carboxylic acids is 2. The molecule has 3 aromatic rings. The molecule has 15 nitrogen and oxygen atoms in total. The highest BCUT2D eigenvalue weighted by Gasteiger charge is 2.55. The molecule has 0 saturated carbocycles. The van der Waals surface area contributed by atoms with Gasteiger partial charge in [-0.2, -0.15) is 4.57 Å². The number of hydrogen-bond donors (Lipinski definition) is 5. The van der Waals surface area contributed by atoms with Gasteiger partial charge < -0.3 is 36.0 Å². The third kappa shape index (κ3) is 6.40. The van der Waals surface area contributed by atoms with E-state index in [0.717, 1.165) is 41.9 Å². The van der Waals surface area contributed by atoms with Crippen molar-refractivity contribution in [3.63, 3.8) is 0 Å². The average Bonchev–Trinajstić information content (AvgIpc) is 3.57. The minimum absolute atomic E-state index is 0.00157. The molecule has 2 atom stereocenters. The van der Waals surface area contributed by atoms with Crippen LogP contribution >= 0.6 is 34.7 Å². The molecule has 0 bridgehead atoms. The van der Waals surface area contributed by atoms with Gasteiger partial charge in [0, 0.05) is 36.2 Å². The molecule has 0 spiro atoms. The van der Waals surface area contributed by atoms with Crippen LogP contribution in [0.3, 0.4) is 0 Å². The van der Waals surface area contributed by atoms with Gasteiger partial charge in [-0.3, -0.25) is 14.5 Å². The molecule has 0 radical (unpaired) electrons. The molecule has 2 aliphatic heterocycles. The Morgan fingerprint density at radius 3 is 2.72 bits per heavy atom. The smallest absolute Gasteiger partial charge is 0.352 e. The number of nitrogens with two attached hydrogens (primary N) is 1. The summed E-state index contributed by atoms with van der Waals surface area (Å²) in [6.07, 6.45) is 4.82. The SMILES string of the molecule is CNCCCn1ccc2c1ccc[n+]2CC1=C(C(=O)O)N2C(=O)C(NC(=O)C(=NOC(C)(C)C(=O)O)c3nc(N)sc3Cl)C2SC1. The van der Waals surface area contributed by atoms with Crippen molar-refractivity contribution in [2.45, 2.75) is 50.4 Å². The van der Waals surface area contributed by atoms with Gasteiger partial charge in [-0.1, -0.05) is 28.1 Å². The van der Waals surface area contributed by atoms with Gasteiger partial charge >= 0.3 is 11.9 Å². The number of thioether (sulfide) groups is 1. The molecular weight excluding hydrogens is 660 g/mol. The summed E-state index contributed by atoms with van der Waals surface area (Å²) in [6.45, 7) is 4.41. The maximum Gasteiger partial charge on any atom is 0.352 e. The number of rotatable bonds is 13. The predicted octanol–water partition coefficient (Wildman–Crippen LogP) is 1.25. The number of carbonyl (C=O) groups excluding carboxylic acids is 2. The number of hydrogen-bond acceptors (Lipinski definition) is 11. The summed E-state index contributed by atoms with van der Waals surface area (Å²) >= 11 is 8.39. The number of aliphatic carboxylic acids is 2. The normalized spacial score (nSPS) is 18.4. The van der Waals surface area contributed by atoms with Gasteiger partial charge in [0.1, 0.15) is 32.7 Å². The lowest BCUT2D eigenvalue weighted by Crippen LogP contribution is -2.71. The molecular formula is C28H32ClN8O7S2+. The standard InChI is InChI=1S/C28H31ClN8O7S2/c1-28(2,26(42)43)44-34-18(17-21(29)46-27(30)33-17)22(38)32-19-23(39)37-20(25(40)41)14(13-45-24(19)37)12-36-9-4-6-15-16(36)7-11-35(15)10-5-8-31-3/h4,6-7,9,11,19,24,31H,5,8,10,12-13H2,1-3H3,(H4-,30,32,33,38,40,41,42,43)/p+1. The van der Waals surface area contributed by atoms with Crippen LogP contribution in [0.4, 0.5) is 5.13 Å². The maximum atomic E-state index is 13.4. The maximum absolute atomic E-state index is 13.4. The molecule has 2 amide bonds. The zero-order valence-corrected chi connectivity index (χ0v) is 27.4. The van der Waals surface area contributed by atoms with Crippen molar-refractivity contribution in [2.75, 3.05) is 25.1 Å². The second kappa shape index (κ2) is 13.3. The molecule has 244 valence electrons. The van der Waals surface area contributed by atoms with Crippen molar-refractivity contribution in [1.82, 2.24) is 25.1 Å². The topological polar surface area (TPSA) is 205 Å². The van der Waals surface area contributed by atoms with Crippen LogP contribution in [0.25, 0.3) is 11.0 Å². The van der Waals surface area contributed by atoms with E-state index in [0.29, 0.717) is 11.3 Å². The first kappa shape index (κ1) is 33.2. The number of pyridine rings is 1. The van der Waals surface area contributed by atoms with E-state index in [9.17, 15) is 29.4 Å². The fourth-order valence-corrected chi connectivity index (χ4v) is 7.31. The number of oxime groups is 1. The number of β-lactam (4-membered cyclic amide) rings is 1. The lowest BCUT2D eigenvalue weighted by atomic mass is 10.0. The van der Waals surface area contributed by atoms with Gasteiger partial charge in [0.2, 0.25) is 11.1 Å². The number of thiazole rings is 1. The van der Waals surface area contributed by atoms with E-state index in [1.165, 1.54) is 30.5 Å². The highest BCUT2D eigenvalue weighted by Crippen LogP contribution is 2.40. The first-order valence-corrected chi connectivity index (χ1v) is 16.3. The molecule has 6 N–H and O–H groups in total. The number of fused-ring (bicyclic) bond motifs is 2. The number of halogens is 1. The van der Waals surface area contributed by atoms with Crippen LogP contribution in [0.5, 0.6) is 0 Å². The van der Waals surface area contributed by atoms with Gasteiger partial charge in [0.25, 0.3) is 11.8 Å². The second-order valence-electron chi connectivity index (χ2n) is 11.0. The summed E-state index contributed by atoms with van der Waals surface area (Å²) < 4.78 is 4.10. The monoisotopic (exact) mass is 691 g/mol. The Labute approximate surface area is 276 Å². The van der Waals surface area contributed by atoms with Crippen LogP contribution in [0, 0.1) is 0 Å². The number of carboxylic acid groups (broad SMARTS) is 2. The first-order chi connectivity index (χ1) is 21.8. The molecule has 5 heterocycles. The van der Waals surface area contributed by atoms with Crippen LogP contribution in [0.15, 0.2) is 47.0 Å². The summed E-state index contributed by atoms with van der Waals surface area (Å²) in [4.78, 5) is 61.2. The lowest BCUT2D eigenvalue weighted by Gasteiger charge is -2.49. The van der Waals surface area contributed by atoms with Gasteiger partial charge in [0.05, 0.1) is 0 Å². The number of aryl methyl sites for hydroxylation is 1. The van der Waals surface area contributed by atoms with Crippen molar-refractivity contribution in [1.29, 1.82) is 0 Å².